The fourth-order valence-corrected chi connectivity index (χ4v) is 5.48. The maximum atomic E-state index is 6.57. The van der Waals surface area contributed by atoms with Gasteiger partial charge in [0.05, 0.1) is 24.5 Å². The molecule has 0 radical (unpaired) electrons. The van der Waals surface area contributed by atoms with Crippen molar-refractivity contribution in [2.45, 2.75) is 44.2 Å². The van der Waals surface area contributed by atoms with Crippen molar-refractivity contribution >= 4 is 34.8 Å². The van der Waals surface area contributed by atoms with Crippen LogP contribution < -0.4 is 4.74 Å². The minimum absolute atomic E-state index is 0.288. The Labute approximate surface area is 220 Å². The van der Waals surface area contributed by atoms with Crippen molar-refractivity contribution in [1.29, 1.82) is 0 Å². The third-order valence-electron chi connectivity index (χ3n) is 6.44. The highest BCUT2D eigenvalue weighted by molar-refractivity contribution is 6.35. The van der Waals surface area contributed by atoms with Gasteiger partial charge in [0.15, 0.2) is 0 Å². The summed E-state index contributed by atoms with van der Waals surface area (Å²) in [5.74, 6) is -0.257. The quantitative estimate of drug-likeness (QED) is 0.344. The molecule has 5 rings (SSSR count). The van der Waals surface area contributed by atoms with E-state index in [9.17, 15) is 0 Å². The lowest BCUT2D eigenvalue weighted by atomic mass is 10.1. The SMILES string of the molecule is Clc1ccc([C@]2(Cn3ccnc3)OC[C@@H](COc3ccc(Cl)cc3CN3CCCCC3)O2)c(Cl)c1. The van der Waals surface area contributed by atoms with Crippen molar-refractivity contribution in [2.24, 2.45) is 0 Å². The molecule has 0 amide bonds. The molecule has 0 saturated carbocycles. The zero-order chi connectivity index (χ0) is 24.3. The highest BCUT2D eigenvalue weighted by atomic mass is 35.5. The average Bonchev–Trinajstić information content (AvgIpc) is 3.50. The first-order chi connectivity index (χ1) is 17.0. The monoisotopic (exact) mass is 535 g/mol. The summed E-state index contributed by atoms with van der Waals surface area (Å²) in [6.45, 7) is 4.12. The molecule has 2 aliphatic heterocycles. The number of hydrogen-bond donors (Lipinski definition) is 0. The number of likely N-dealkylation sites (tertiary alicyclic amines) is 1. The Hall–Kier alpha value is -1.80. The van der Waals surface area contributed by atoms with Crippen LogP contribution in [0.2, 0.25) is 15.1 Å². The summed E-state index contributed by atoms with van der Waals surface area (Å²) in [7, 11) is 0. The maximum absolute atomic E-state index is 6.57. The molecule has 35 heavy (non-hydrogen) atoms. The largest absolute Gasteiger partial charge is 0.490 e. The van der Waals surface area contributed by atoms with Gasteiger partial charge in [-0.2, -0.15) is 0 Å². The predicted molar refractivity (Wildman–Crippen MR) is 137 cm³/mol. The number of nitrogens with zero attached hydrogens (tertiary/aromatic N) is 3. The molecular weight excluding hydrogens is 509 g/mol. The molecule has 3 aromatic rings. The second-order valence-corrected chi connectivity index (χ2v) is 10.3. The van der Waals surface area contributed by atoms with Crippen LogP contribution in [0.4, 0.5) is 0 Å². The Morgan fingerprint density at radius 3 is 2.60 bits per heavy atom. The smallest absolute Gasteiger partial charge is 0.215 e. The van der Waals surface area contributed by atoms with Crippen molar-refractivity contribution in [1.82, 2.24) is 14.5 Å². The van der Waals surface area contributed by atoms with Gasteiger partial charge in [-0.15, -0.1) is 0 Å². The highest BCUT2D eigenvalue weighted by Gasteiger charge is 2.45. The molecule has 2 atom stereocenters. The topological polar surface area (TPSA) is 48.8 Å². The van der Waals surface area contributed by atoms with Crippen LogP contribution in [0, 0.1) is 0 Å². The Kier molecular flexibility index (Phi) is 7.87. The fourth-order valence-electron chi connectivity index (χ4n) is 4.73. The first kappa shape index (κ1) is 24.9. The standard InChI is InChI=1S/C26H28Cl3N3O3/c27-20-5-7-25(19(12-20)14-31-9-2-1-3-10-31)33-15-22-16-34-26(35-22,17-32-11-8-30-18-32)23-6-4-21(28)13-24(23)29/h4-8,11-13,18,22H,1-3,9-10,14-17H2/t22-,26-/m1/s1. The number of halogens is 3. The summed E-state index contributed by atoms with van der Waals surface area (Å²) in [6, 6.07) is 11.1. The number of benzene rings is 2. The minimum atomic E-state index is -1.08. The summed E-state index contributed by atoms with van der Waals surface area (Å²) < 4.78 is 21.0. The van der Waals surface area contributed by atoms with E-state index in [0.29, 0.717) is 34.8 Å². The van der Waals surface area contributed by atoms with Crippen LogP contribution in [0.1, 0.15) is 30.4 Å². The third kappa shape index (κ3) is 5.96. The zero-order valence-corrected chi connectivity index (χ0v) is 21.6. The fraction of sp³-hybridized carbons (Fsp3) is 0.423. The molecule has 2 saturated heterocycles. The number of imidazole rings is 1. The van der Waals surface area contributed by atoms with Crippen LogP contribution >= 0.6 is 34.8 Å². The van der Waals surface area contributed by atoms with Gasteiger partial charge in [0.25, 0.3) is 0 Å². The Balaban J connectivity index is 1.31. The van der Waals surface area contributed by atoms with Gasteiger partial charge >= 0.3 is 0 Å². The second-order valence-electron chi connectivity index (χ2n) is 9.06. The van der Waals surface area contributed by atoms with E-state index in [1.807, 2.05) is 35.0 Å². The van der Waals surface area contributed by atoms with E-state index >= 15 is 0 Å². The van der Waals surface area contributed by atoms with E-state index in [1.165, 1.54) is 19.3 Å². The normalized spacial score (nSPS) is 23.0. The van der Waals surface area contributed by atoms with E-state index in [1.54, 1.807) is 24.7 Å². The minimum Gasteiger partial charge on any atom is -0.490 e. The van der Waals surface area contributed by atoms with Gasteiger partial charge in [-0.05, 0) is 56.3 Å². The van der Waals surface area contributed by atoms with Crippen molar-refractivity contribution < 1.29 is 14.2 Å². The zero-order valence-electron chi connectivity index (χ0n) is 19.3. The van der Waals surface area contributed by atoms with Crippen molar-refractivity contribution in [3.63, 3.8) is 0 Å². The van der Waals surface area contributed by atoms with Gasteiger partial charge in [0.1, 0.15) is 18.5 Å². The lowest BCUT2D eigenvalue weighted by Crippen LogP contribution is -2.34. The number of ether oxygens (including phenoxy) is 3. The summed E-state index contributed by atoms with van der Waals surface area (Å²) in [4.78, 5) is 6.60. The average molecular weight is 537 g/mol. The van der Waals surface area contributed by atoms with E-state index in [2.05, 4.69) is 9.88 Å². The van der Waals surface area contributed by atoms with Gasteiger partial charge in [-0.25, -0.2) is 4.98 Å². The van der Waals surface area contributed by atoms with Crippen LogP contribution in [-0.2, 0) is 28.4 Å². The number of piperidine rings is 1. The summed E-state index contributed by atoms with van der Waals surface area (Å²) >= 11 is 19.0. The van der Waals surface area contributed by atoms with Crippen LogP contribution in [-0.4, -0.2) is 46.9 Å². The van der Waals surface area contributed by atoms with E-state index in [0.717, 1.165) is 36.5 Å². The first-order valence-electron chi connectivity index (χ1n) is 11.9. The molecule has 1 aromatic heterocycles. The molecule has 186 valence electrons. The molecule has 0 spiro atoms. The van der Waals surface area contributed by atoms with Gasteiger partial charge in [0, 0.05) is 40.1 Å². The molecule has 9 heteroatoms. The van der Waals surface area contributed by atoms with Crippen molar-refractivity contribution in [2.75, 3.05) is 26.3 Å². The molecule has 0 unspecified atom stereocenters. The van der Waals surface area contributed by atoms with E-state index in [-0.39, 0.29) is 6.10 Å². The lowest BCUT2D eigenvalue weighted by molar-refractivity contribution is -0.189. The molecule has 2 fully saturated rings. The molecule has 6 nitrogen and oxygen atoms in total. The van der Waals surface area contributed by atoms with Crippen LogP contribution in [0.3, 0.4) is 0 Å². The molecule has 2 aromatic carbocycles. The number of hydrogen-bond acceptors (Lipinski definition) is 5. The summed E-state index contributed by atoms with van der Waals surface area (Å²) in [5.41, 5.74) is 1.81. The Bertz CT molecular complexity index is 1140. The number of aromatic nitrogens is 2. The second kappa shape index (κ2) is 11.1. The van der Waals surface area contributed by atoms with Crippen LogP contribution in [0.15, 0.2) is 55.1 Å². The Morgan fingerprint density at radius 2 is 1.83 bits per heavy atom. The number of rotatable bonds is 8. The predicted octanol–water partition coefficient (Wildman–Crippen LogP) is 6.18. The maximum Gasteiger partial charge on any atom is 0.215 e. The molecule has 0 aliphatic carbocycles. The molecular formula is C26H28Cl3N3O3. The molecule has 0 bridgehead atoms. The van der Waals surface area contributed by atoms with Gasteiger partial charge in [0.2, 0.25) is 5.79 Å². The summed E-state index contributed by atoms with van der Waals surface area (Å²) in [6.07, 6.45) is 8.78. The highest BCUT2D eigenvalue weighted by Crippen LogP contribution is 2.40. The first-order valence-corrected chi connectivity index (χ1v) is 13.0. The van der Waals surface area contributed by atoms with Crippen LogP contribution in [0.5, 0.6) is 5.75 Å². The van der Waals surface area contributed by atoms with E-state index in [4.69, 9.17) is 49.0 Å². The molecule has 2 aliphatic rings. The molecule has 3 heterocycles. The molecule has 0 N–H and O–H groups in total. The summed E-state index contributed by atoms with van der Waals surface area (Å²) in [5, 5.41) is 1.75. The lowest BCUT2D eigenvalue weighted by Gasteiger charge is -2.30. The van der Waals surface area contributed by atoms with Gasteiger partial charge in [-0.3, -0.25) is 4.90 Å². The van der Waals surface area contributed by atoms with Crippen LogP contribution in [0.25, 0.3) is 0 Å². The Morgan fingerprint density at radius 1 is 1.03 bits per heavy atom. The van der Waals surface area contributed by atoms with Gasteiger partial charge < -0.3 is 18.8 Å². The van der Waals surface area contributed by atoms with Crippen molar-refractivity contribution in [3.05, 3.63) is 81.3 Å². The van der Waals surface area contributed by atoms with Gasteiger partial charge in [-0.1, -0.05) is 47.3 Å². The third-order valence-corrected chi connectivity index (χ3v) is 7.22. The van der Waals surface area contributed by atoms with E-state index < -0.39 is 5.79 Å². The van der Waals surface area contributed by atoms with Crippen molar-refractivity contribution in [3.8, 4) is 5.75 Å².